The minimum atomic E-state index is 0.0334. The van der Waals surface area contributed by atoms with E-state index in [1.54, 1.807) is 13.2 Å². The quantitative estimate of drug-likeness (QED) is 0.724. The lowest BCUT2D eigenvalue weighted by atomic mass is 9.97. The molecule has 2 aliphatic rings. The van der Waals surface area contributed by atoms with Gasteiger partial charge in [-0.25, -0.2) is 0 Å². The normalized spacial score (nSPS) is 19.6. The van der Waals surface area contributed by atoms with E-state index in [-0.39, 0.29) is 17.9 Å². The van der Waals surface area contributed by atoms with E-state index >= 15 is 0 Å². The number of hydrogen-bond acceptors (Lipinski definition) is 5. The molecule has 1 N–H and O–H groups in total. The van der Waals surface area contributed by atoms with Gasteiger partial charge < -0.3 is 19.7 Å². The number of nitrogens with one attached hydrogen (secondary N) is 1. The van der Waals surface area contributed by atoms with Crippen LogP contribution in [0, 0.1) is 17.2 Å². The van der Waals surface area contributed by atoms with Crippen LogP contribution in [0.3, 0.4) is 0 Å². The Bertz CT molecular complexity index is 661. The number of piperidine rings is 1. The van der Waals surface area contributed by atoms with E-state index < -0.39 is 0 Å². The van der Waals surface area contributed by atoms with Crippen LogP contribution in [0.15, 0.2) is 18.2 Å². The van der Waals surface area contributed by atoms with E-state index in [0.29, 0.717) is 24.5 Å². The van der Waals surface area contributed by atoms with E-state index in [2.05, 4.69) is 11.4 Å². The molecule has 1 amide bonds. The SMILES string of the molecule is COCCCOc1cc(N(C(=O)[C@@H]2CCCNC2)C2CC2)ccc1C#N. The molecule has 26 heavy (non-hydrogen) atoms. The first-order valence-corrected chi connectivity index (χ1v) is 9.44. The van der Waals surface area contributed by atoms with Crippen LogP contribution in [0.4, 0.5) is 5.69 Å². The highest BCUT2D eigenvalue weighted by atomic mass is 16.5. The lowest BCUT2D eigenvalue weighted by Crippen LogP contribution is -2.44. The standard InChI is InChI=1S/C20H27N3O3/c1-25-10-3-11-26-19-12-18(6-5-15(19)13-21)23(17-7-8-17)20(24)16-4-2-9-22-14-16/h5-6,12,16-17,22H,2-4,7-11,14H2,1H3/t16-/m1/s1. The van der Waals surface area contributed by atoms with Crippen LogP contribution in [0.25, 0.3) is 0 Å². The van der Waals surface area contributed by atoms with E-state index in [9.17, 15) is 10.1 Å². The van der Waals surface area contributed by atoms with Gasteiger partial charge in [0.15, 0.2) is 0 Å². The summed E-state index contributed by atoms with van der Waals surface area (Å²) in [7, 11) is 1.65. The third-order valence-corrected chi connectivity index (χ3v) is 4.91. The average Bonchev–Trinajstić information content (AvgIpc) is 3.51. The Hall–Kier alpha value is -2.10. The minimum absolute atomic E-state index is 0.0334. The smallest absolute Gasteiger partial charge is 0.231 e. The number of carbonyl (C=O) groups excluding carboxylic acids is 1. The van der Waals surface area contributed by atoms with Gasteiger partial charge in [0.25, 0.3) is 0 Å². The summed E-state index contributed by atoms with van der Waals surface area (Å²) in [5, 5.41) is 12.7. The van der Waals surface area contributed by atoms with Crippen molar-refractivity contribution in [1.29, 1.82) is 5.26 Å². The Kier molecular flexibility index (Phi) is 6.48. The Balaban J connectivity index is 1.78. The summed E-state index contributed by atoms with van der Waals surface area (Å²) < 4.78 is 10.8. The minimum Gasteiger partial charge on any atom is -0.492 e. The second kappa shape index (κ2) is 9.02. The largest absolute Gasteiger partial charge is 0.492 e. The van der Waals surface area contributed by atoms with Crippen LogP contribution in [0.1, 0.15) is 37.7 Å². The molecule has 1 aliphatic carbocycles. The predicted molar refractivity (Wildman–Crippen MR) is 99.2 cm³/mol. The first-order valence-electron chi connectivity index (χ1n) is 9.44. The third-order valence-electron chi connectivity index (χ3n) is 4.91. The van der Waals surface area contributed by atoms with Crippen molar-refractivity contribution >= 4 is 11.6 Å². The predicted octanol–water partition coefficient (Wildman–Crippen LogP) is 2.47. The zero-order chi connectivity index (χ0) is 18.4. The zero-order valence-electron chi connectivity index (χ0n) is 15.4. The summed E-state index contributed by atoms with van der Waals surface area (Å²) in [5.74, 6) is 0.766. The Labute approximate surface area is 155 Å². The fourth-order valence-electron chi connectivity index (χ4n) is 3.37. The Morgan fingerprint density at radius 2 is 2.19 bits per heavy atom. The molecule has 1 atom stereocenters. The van der Waals surface area contributed by atoms with Gasteiger partial charge in [-0.2, -0.15) is 5.26 Å². The number of anilines is 1. The number of carbonyl (C=O) groups is 1. The molecule has 0 radical (unpaired) electrons. The van der Waals surface area contributed by atoms with Gasteiger partial charge in [0.1, 0.15) is 11.8 Å². The van der Waals surface area contributed by atoms with Gasteiger partial charge in [-0.1, -0.05) is 0 Å². The molecule has 1 saturated heterocycles. The molecular formula is C20H27N3O3. The van der Waals surface area contributed by atoms with Gasteiger partial charge >= 0.3 is 0 Å². The highest BCUT2D eigenvalue weighted by Crippen LogP contribution is 2.36. The van der Waals surface area contributed by atoms with Crippen molar-refractivity contribution in [3.05, 3.63) is 23.8 Å². The summed E-state index contributed by atoms with van der Waals surface area (Å²) in [4.78, 5) is 15.0. The van der Waals surface area contributed by atoms with Crippen LogP contribution < -0.4 is 15.0 Å². The van der Waals surface area contributed by atoms with Crippen molar-refractivity contribution < 1.29 is 14.3 Å². The Morgan fingerprint density at radius 1 is 1.35 bits per heavy atom. The highest BCUT2D eigenvalue weighted by Gasteiger charge is 2.37. The number of hydrogen-bond donors (Lipinski definition) is 1. The average molecular weight is 357 g/mol. The van der Waals surface area contributed by atoms with Gasteiger partial charge in [-0.3, -0.25) is 4.79 Å². The lowest BCUT2D eigenvalue weighted by molar-refractivity contribution is -0.123. The van der Waals surface area contributed by atoms with Crippen molar-refractivity contribution in [2.75, 3.05) is 38.3 Å². The van der Waals surface area contributed by atoms with Crippen LogP contribution in [-0.4, -0.2) is 45.4 Å². The molecule has 0 bridgehead atoms. The van der Waals surface area contributed by atoms with Gasteiger partial charge in [0.2, 0.25) is 5.91 Å². The van der Waals surface area contributed by atoms with E-state index in [0.717, 1.165) is 50.9 Å². The topological polar surface area (TPSA) is 74.6 Å². The van der Waals surface area contributed by atoms with Crippen molar-refractivity contribution in [1.82, 2.24) is 5.32 Å². The number of amides is 1. The molecule has 2 fully saturated rings. The first-order chi connectivity index (χ1) is 12.7. The van der Waals surface area contributed by atoms with E-state index in [1.807, 2.05) is 17.0 Å². The number of nitriles is 1. The molecular weight excluding hydrogens is 330 g/mol. The van der Waals surface area contributed by atoms with Gasteiger partial charge in [0, 0.05) is 44.5 Å². The number of nitrogens with zero attached hydrogens (tertiary/aromatic N) is 2. The molecule has 1 aromatic carbocycles. The second-order valence-corrected chi connectivity index (χ2v) is 6.97. The molecule has 1 heterocycles. The van der Waals surface area contributed by atoms with Gasteiger partial charge in [-0.05, 0) is 44.4 Å². The zero-order valence-corrected chi connectivity index (χ0v) is 15.4. The summed E-state index contributed by atoms with van der Waals surface area (Å²) >= 11 is 0. The monoisotopic (exact) mass is 357 g/mol. The number of ether oxygens (including phenoxy) is 2. The summed E-state index contributed by atoms with van der Waals surface area (Å²) in [6.45, 7) is 2.83. The van der Waals surface area contributed by atoms with Crippen LogP contribution >= 0.6 is 0 Å². The second-order valence-electron chi connectivity index (χ2n) is 6.97. The number of methoxy groups -OCH3 is 1. The molecule has 140 valence electrons. The van der Waals surface area contributed by atoms with E-state index in [4.69, 9.17) is 9.47 Å². The molecule has 6 heteroatoms. The Morgan fingerprint density at radius 3 is 2.85 bits per heavy atom. The number of rotatable bonds is 8. The molecule has 1 saturated carbocycles. The maximum atomic E-state index is 13.1. The van der Waals surface area contributed by atoms with Crippen LogP contribution in [0.5, 0.6) is 5.75 Å². The summed E-state index contributed by atoms with van der Waals surface area (Å²) in [5.41, 5.74) is 1.33. The maximum Gasteiger partial charge on any atom is 0.231 e. The fourth-order valence-corrected chi connectivity index (χ4v) is 3.37. The van der Waals surface area contributed by atoms with E-state index in [1.165, 1.54) is 0 Å². The molecule has 0 spiro atoms. The van der Waals surface area contributed by atoms with Crippen molar-refractivity contribution in [2.24, 2.45) is 5.92 Å². The van der Waals surface area contributed by atoms with Crippen molar-refractivity contribution in [2.45, 2.75) is 38.1 Å². The molecule has 0 aromatic heterocycles. The van der Waals surface area contributed by atoms with Crippen LogP contribution in [-0.2, 0) is 9.53 Å². The summed E-state index contributed by atoms with van der Waals surface area (Å²) in [6, 6.07) is 7.91. The molecule has 1 aromatic rings. The van der Waals surface area contributed by atoms with Gasteiger partial charge in [0.05, 0.1) is 18.1 Å². The molecule has 6 nitrogen and oxygen atoms in total. The fraction of sp³-hybridized carbons (Fsp3) is 0.600. The highest BCUT2D eigenvalue weighted by molar-refractivity contribution is 5.96. The van der Waals surface area contributed by atoms with Crippen molar-refractivity contribution in [3.8, 4) is 11.8 Å². The summed E-state index contributed by atoms with van der Waals surface area (Å²) in [6.07, 6.45) is 4.80. The van der Waals surface area contributed by atoms with Gasteiger partial charge in [-0.15, -0.1) is 0 Å². The van der Waals surface area contributed by atoms with Crippen molar-refractivity contribution in [3.63, 3.8) is 0 Å². The molecule has 3 rings (SSSR count). The molecule has 0 unspecified atom stereocenters. The third kappa shape index (κ3) is 4.54. The lowest BCUT2D eigenvalue weighted by Gasteiger charge is -2.30. The molecule has 1 aliphatic heterocycles. The number of benzene rings is 1. The van der Waals surface area contributed by atoms with Crippen LogP contribution in [0.2, 0.25) is 0 Å². The first kappa shape index (κ1) is 18.7. The maximum absolute atomic E-state index is 13.1.